The first-order valence-corrected chi connectivity index (χ1v) is 9.56. The second-order valence-electron chi connectivity index (χ2n) is 6.42. The van der Waals surface area contributed by atoms with Crippen LogP contribution in [0.25, 0.3) is 10.9 Å². The van der Waals surface area contributed by atoms with Crippen LogP contribution in [0.1, 0.15) is 21.5 Å². The van der Waals surface area contributed by atoms with Gasteiger partial charge in [-0.2, -0.15) is 0 Å². The fraction of sp³-hybridized carbons (Fsp3) is 0.238. The highest BCUT2D eigenvalue weighted by molar-refractivity contribution is 9.10. The van der Waals surface area contributed by atoms with E-state index in [0.717, 1.165) is 20.9 Å². The summed E-state index contributed by atoms with van der Waals surface area (Å²) in [6.07, 6.45) is 0. The molecule has 0 fully saturated rings. The summed E-state index contributed by atoms with van der Waals surface area (Å²) in [4.78, 5) is 25.9. The zero-order chi connectivity index (χ0) is 20.3. The lowest BCUT2D eigenvalue weighted by Crippen LogP contribution is -2.35. The third-order valence-corrected chi connectivity index (χ3v) is 5.09. The van der Waals surface area contributed by atoms with Crippen molar-refractivity contribution in [3.05, 3.63) is 79.8 Å². The monoisotopic (exact) mass is 446 g/mol. The number of pyridine rings is 1. The van der Waals surface area contributed by atoms with Crippen LogP contribution in [-0.4, -0.2) is 24.2 Å². The van der Waals surface area contributed by atoms with Crippen molar-refractivity contribution in [1.82, 2.24) is 9.88 Å². The van der Waals surface area contributed by atoms with Crippen molar-refractivity contribution in [2.75, 3.05) is 13.7 Å². The van der Waals surface area contributed by atoms with Gasteiger partial charge in [0.1, 0.15) is 11.4 Å². The quantitative estimate of drug-likeness (QED) is 0.626. The molecule has 146 valence electrons. The van der Waals surface area contributed by atoms with Crippen LogP contribution in [0.2, 0.25) is 0 Å². The van der Waals surface area contributed by atoms with Crippen molar-refractivity contribution in [1.29, 1.82) is 0 Å². The molecule has 1 amide bonds. The number of halogens is 2. The molecule has 0 aliphatic heterocycles. The molecule has 0 radical (unpaired) electrons. The Balaban J connectivity index is 2.01. The van der Waals surface area contributed by atoms with E-state index in [2.05, 4.69) is 21.2 Å². The van der Waals surface area contributed by atoms with Crippen molar-refractivity contribution >= 4 is 32.7 Å². The number of rotatable bonds is 6. The van der Waals surface area contributed by atoms with Gasteiger partial charge in [-0.05, 0) is 42.3 Å². The molecule has 0 aliphatic rings. The number of carbonyl (C=O) groups is 1. The molecule has 2 aromatic carbocycles. The van der Waals surface area contributed by atoms with E-state index in [1.165, 1.54) is 12.1 Å². The van der Waals surface area contributed by atoms with Crippen molar-refractivity contribution in [3.8, 4) is 0 Å². The molecule has 3 rings (SSSR count). The van der Waals surface area contributed by atoms with Crippen LogP contribution in [0, 0.1) is 12.7 Å². The normalized spacial score (nSPS) is 11.0. The number of fused-ring (bicyclic) bond motifs is 1. The highest BCUT2D eigenvalue weighted by Gasteiger charge is 2.20. The molecule has 0 unspecified atom stereocenters. The van der Waals surface area contributed by atoms with Gasteiger partial charge in [0.05, 0.1) is 12.1 Å². The molecule has 0 aliphatic carbocycles. The summed E-state index contributed by atoms with van der Waals surface area (Å²) in [5, 5.41) is 3.59. The molecule has 0 saturated carbocycles. The number of hydrogen-bond acceptors (Lipinski definition) is 3. The van der Waals surface area contributed by atoms with Gasteiger partial charge in [0.15, 0.2) is 0 Å². The van der Waals surface area contributed by atoms with Gasteiger partial charge in [-0.1, -0.05) is 34.1 Å². The topological polar surface area (TPSA) is 60.3 Å². The molecule has 0 bridgehead atoms. The van der Waals surface area contributed by atoms with Crippen LogP contribution >= 0.6 is 15.9 Å². The van der Waals surface area contributed by atoms with E-state index in [1.54, 1.807) is 30.7 Å². The summed E-state index contributed by atoms with van der Waals surface area (Å²) >= 11 is 3.43. The van der Waals surface area contributed by atoms with E-state index in [4.69, 9.17) is 4.74 Å². The Morgan fingerprint density at radius 2 is 1.93 bits per heavy atom. The molecule has 0 spiro atoms. The number of ether oxygens (including phenoxy) is 1. The number of methoxy groups -OCH3 is 1. The van der Waals surface area contributed by atoms with E-state index < -0.39 is 5.91 Å². The molecule has 0 saturated heterocycles. The average molecular weight is 447 g/mol. The lowest BCUT2D eigenvalue weighted by atomic mass is 10.0. The van der Waals surface area contributed by atoms with Crippen molar-refractivity contribution in [2.24, 2.45) is 0 Å². The van der Waals surface area contributed by atoms with Crippen molar-refractivity contribution in [2.45, 2.75) is 20.0 Å². The number of nitrogens with zero attached hydrogens (tertiary/aromatic N) is 1. The molecule has 5 nitrogen and oxygen atoms in total. The maximum absolute atomic E-state index is 13.1. The fourth-order valence-electron chi connectivity index (χ4n) is 3.13. The molecule has 7 heteroatoms. The summed E-state index contributed by atoms with van der Waals surface area (Å²) in [7, 11) is 1.56. The van der Waals surface area contributed by atoms with Gasteiger partial charge in [0, 0.05) is 30.1 Å². The first kappa shape index (κ1) is 20.2. The highest BCUT2D eigenvalue weighted by Crippen LogP contribution is 2.23. The third kappa shape index (κ3) is 4.15. The number of benzene rings is 2. The van der Waals surface area contributed by atoms with Crippen molar-refractivity contribution < 1.29 is 13.9 Å². The number of carbonyl (C=O) groups excluding carboxylic acids is 1. The van der Waals surface area contributed by atoms with Gasteiger partial charge in [-0.15, -0.1) is 0 Å². The number of hydrogen-bond donors (Lipinski definition) is 1. The molecule has 3 aromatic rings. The molecule has 1 aromatic heterocycles. The van der Waals surface area contributed by atoms with E-state index >= 15 is 0 Å². The molecule has 0 atom stereocenters. The zero-order valence-electron chi connectivity index (χ0n) is 15.6. The lowest BCUT2D eigenvalue weighted by molar-refractivity contribution is 0.0948. The first-order valence-electron chi connectivity index (χ1n) is 8.76. The van der Waals surface area contributed by atoms with E-state index in [9.17, 15) is 14.0 Å². The largest absolute Gasteiger partial charge is 0.383 e. The Bertz CT molecular complexity index is 1080. The lowest BCUT2D eigenvalue weighted by Gasteiger charge is -2.16. The summed E-state index contributed by atoms with van der Waals surface area (Å²) in [6, 6.07) is 11.5. The second kappa shape index (κ2) is 8.67. The second-order valence-corrected chi connectivity index (χ2v) is 7.34. The maximum atomic E-state index is 13.1. The minimum atomic E-state index is -0.456. The van der Waals surface area contributed by atoms with Crippen molar-refractivity contribution in [3.63, 3.8) is 0 Å². The Morgan fingerprint density at radius 1 is 1.21 bits per heavy atom. The number of aryl methyl sites for hydroxylation is 1. The van der Waals surface area contributed by atoms with Crippen LogP contribution in [0.15, 0.2) is 51.7 Å². The summed E-state index contributed by atoms with van der Waals surface area (Å²) in [6.45, 7) is 2.65. The standard InChI is InChI=1S/C21H20BrFN2O3/c1-13-17-8-5-15(22)11-18(17)25(9-10-28-2)21(27)19(13)20(26)24-12-14-3-6-16(23)7-4-14/h3-8,11H,9-10,12H2,1-2H3,(H,24,26). The van der Waals surface area contributed by atoms with Gasteiger partial charge < -0.3 is 14.6 Å². The average Bonchev–Trinajstić information content (AvgIpc) is 2.67. The minimum Gasteiger partial charge on any atom is -0.383 e. The van der Waals surface area contributed by atoms with Gasteiger partial charge in [0.2, 0.25) is 0 Å². The van der Waals surface area contributed by atoms with Crippen LogP contribution in [-0.2, 0) is 17.8 Å². The smallest absolute Gasteiger partial charge is 0.264 e. The van der Waals surface area contributed by atoms with Crippen LogP contribution in [0.3, 0.4) is 0 Å². The van der Waals surface area contributed by atoms with E-state index in [0.29, 0.717) is 18.7 Å². The summed E-state index contributed by atoms with van der Waals surface area (Å²) in [5.41, 5.74) is 1.85. The summed E-state index contributed by atoms with van der Waals surface area (Å²) in [5.74, 6) is -0.796. The molecule has 1 N–H and O–H groups in total. The number of aromatic nitrogens is 1. The Kier molecular flexibility index (Phi) is 6.26. The van der Waals surface area contributed by atoms with Crippen LogP contribution in [0.5, 0.6) is 0 Å². The Morgan fingerprint density at radius 3 is 2.61 bits per heavy atom. The Labute approximate surface area is 170 Å². The van der Waals surface area contributed by atoms with Gasteiger partial charge in [0.25, 0.3) is 11.5 Å². The maximum Gasteiger partial charge on any atom is 0.264 e. The predicted octanol–water partition coefficient (Wildman–Crippen LogP) is 3.79. The number of amides is 1. The van der Waals surface area contributed by atoms with E-state index in [1.807, 2.05) is 18.2 Å². The zero-order valence-corrected chi connectivity index (χ0v) is 17.2. The molecule has 1 heterocycles. The molecule has 28 heavy (non-hydrogen) atoms. The predicted molar refractivity (Wildman–Crippen MR) is 110 cm³/mol. The van der Waals surface area contributed by atoms with E-state index in [-0.39, 0.29) is 23.5 Å². The van der Waals surface area contributed by atoms with Crippen LogP contribution in [0.4, 0.5) is 4.39 Å². The molecular weight excluding hydrogens is 427 g/mol. The van der Waals surface area contributed by atoms with Gasteiger partial charge in [-0.3, -0.25) is 9.59 Å². The number of nitrogens with one attached hydrogen (secondary N) is 1. The van der Waals surface area contributed by atoms with Crippen LogP contribution < -0.4 is 10.9 Å². The van der Waals surface area contributed by atoms with Gasteiger partial charge in [-0.25, -0.2) is 4.39 Å². The highest BCUT2D eigenvalue weighted by atomic mass is 79.9. The molecular formula is C21H20BrFN2O3. The minimum absolute atomic E-state index is 0.105. The third-order valence-electron chi connectivity index (χ3n) is 4.60. The van der Waals surface area contributed by atoms with Gasteiger partial charge >= 0.3 is 0 Å². The first-order chi connectivity index (χ1) is 13.4. The summed E-state index contributed by atoms with van der Waals surface area (Å²) < 4.78 is 20.6. The SMILES string of the molecule is COCCn1c(=O)c(C(=O)NCc2ccc(F)cc2)c(C)c2ccc(Br)cc21. The fourth-order valence-corrected chi connectivity index (χ4v) is 3.48. The Hall–Kier alpha value is -2.51.